The third-order valence-corrected chi connectivity index (χ3v) is 10.2. The highest BCUT2D eigenvalue weighted by Crippen LogP contribution is 2.43. The third-order valence-electron chi connectivity index (χ3n) is 10.2. The van der Waals surface area contributed by atoms with Crippen LogP contribution in [0.2, 0.25) is 0 Å². The summed E-state index contributed by atoms with van der Waals surface area (Å²) < 4.78 is 6.42. The molecule has 4 saturated heterocycles. The van der Waals surface area contributed by atoms with E-state index in [9.17, 15) is 0 Å². The topological polar surface area (TPSA) is 22.2 Å². The predicted octanol–water partition coefficient (Wildman–Crippen LogP) is 4.71. The first-order valence-corrected chi connectivity index (χ1v) is 14.6. The molecule has 0 aromatic rings. The van der Waals surface area contributed by atoms with E-state index in [1.807, 2.05) is 0 Å². The first-order valence-electron chi connectivity index (χ1n) is 14.6. The molecule has 1 atom stereocenters. The van der Waals surface area contributed by atoms with Crippen LogP contribution in [0.1, 0.15) is 93.4 Å². The second-order valence-corrected chi connectivity index (χ2v) is 13.7. The van der Waals surface area contributed by atoms with Gasteiger partial charge in [0.2, 0.25) is 0 Å². The lowest BCUT2D eigenvalue weighted by Crippen LogP contribution is -2.60. The summed E-state index contributed by atoms with van der Waals surface area (Å²) in [5.41, 5.74) is 0.952. The number of rotatable bonds is 6. The van der Waals surface area contributed by atoms with Crippen molar-refractivity contribution >= 4 is 0 Å². The van der Waals surface area contributed by atoms with Gasteiger partial charge in [-0.1, -0.05) is 0 Å². The van der Waals surface area contributed by atoms with Gasteiger partial charge in [-0.2, -0.15) is 0 Å². The van der Waals surface area contributed by atoms with E-state index in [-0.39, 0.29) is 11.1 Å². The van der Waals surface area contributed by atoms with Gasteiger partial charge in [0.05, 0.1) is 12.2 Å². The molecule has 4 heterocycles. The van der Waals surface area contributed by atoms with Gasteiger partial charge in [-0.05, 0) is 118 Å². The fourth-order valence-electron chi connectivity index (χ4n) is 7.62. The molecule has 1 unspecified atom stereocenters. The van der Waals surface area contributed by atoms with Gasteiger partial charge < -0.3 is 14.5 Å². The van der Waals surface area contributed by atoms with Crippen LogP contribution in [0.25, 0.3) is 0 Å². The summed E-state index contributed by atoms with van der Waals surface area (Å²) in [5.74, 6) is 0. The van der Waals surface area contributed by atoms with Crippen molar-refractivity contribution in [3.05, 3.63) is 0 Å². The average molecular weight is 477 g/mol. The Kier molecular flexibility index (Phi) is 8.41. The van der Waals surface area contributed by atoms with Crippen molar-refractivity contribution < 1.29 is 4.74 Å². The number of hydrogen-bond donors (Lipinski definition) is 0. The molecular weight excluding hydrogens is 420 g/mol. The van der Waals surface area contributed by atoms with Crippen LogP contribution in [-0.4, -0.2) is 108 Å². The lowest BCUT2D eigenvalue weighted by atomic mass is 9.71. The molecule has 5 nitrogen and oxygen atoms in total. The van der Waals surface area contributed by atoms with Crippen molar-refractivity contribution in [1.82, 2.24) is 19.6 Å². The molecule has 4 aliphatic rings. The fraction of sp³-hybridized carbons (Fsp3) is 1.00. The molecule has 4 aliphatic heterocycles. The average Bonchev–Trinajstić information content (AvgIpc) is 2.79. The summed E-state index contributed by atoms with van der Waals surface area (Å²) in [4.78, 5) is 11.0. The fourth-order valence-corrected chi connectivity index (χ4v) is 7.62. The Morgan fingerprint density at radius 3 is 1.94 bits per heavy atom. The van der Waals surface area contributed by atoms with Gasteiger partial charge in [0.25, 0.3) is 0 Å². The normalized spacial score (nSPS) is 28.9. The second-order valence-electron chi connectivity index (χ2n) is 13.7. The van der Waals surface area contributed by atoms with Gasteiger partial charge in [0, 0.05) is 56.4 Å². The Balaban J connectivity index is 1.29. The molecule has 0 aromatic carbocycles. The molecule has 0 saturated carbocycles. The van der Waals surface area contributed by atoms with Crippen LogP contribution in [-0.2, 0) is 4.74 Å². The molecule has 198 valence electrons. The Labute approximate surface area is 211 Å². The number of ether oxygens (including phenoxy) is 1. The molecule has 0 N–H and O–H groups in total. The summed E-state index contributed by atoms with van der Waals surface area (Å²) in [5, 5.41) is 0. The Morgan fingerprint density at radius 1 is 0.706 bits per heavy atom. The largest absolute Gasteiger partial charge is 0.372 e. The Hall–Kier alpha value is -0.200. The zero-order chi connectivity index (χ0) is 24.6. The van der Waals surface area contributed by atoms with Crippen LogP contribution in [0.3, 0.4) is 0 Å². The number of nitrogens with zero attached hydrogens (tertiary/aromatic N) is 4. The van der Waals surface area contributed by atoms with Crippen LogP contribution in [0.5, 0.6) is 0 Å². The maximum absolute atomic E-state index is 6.42. The van der Waals surface area contributed by atoms with E-state index in [4.69, 9.17) is 4.74 Å². The van der Waals surface area contributed by atoms with E-state index >= 15 is 0 Å². The van der Waals surface area contributed by atoms with Crippen LogP contribution >= 0.6 is 0 Å². The number of hydrogen-bond acceptors (Lipinski definition) is 5. The lowest BCUT2D eigenvalue weighted by Gasteiger charge is -2.54. The van der Waals surface area contributed by atoms with Gasteiger partial charge >= 0.3 is 0 Å². The summed E-state index contributed by atoms with van der Waals surface area (Å²) in [6.45, 7) is 27.7. The molecule has 4 fully saturated rings. The van der Waals surface area contributed by atoms with Crippen molar-refractivity contribution in [2.75, 3.05) is 59.0 Å². The molecule has 0 radical (unpaired) electrons. The predicted molar refractivity (Wildman–Crippen MR) is 144 cm³/mol. The first kappa shape index (κ1) is 26.9. The highest BCUT2D eigenvalue weighted by atomic mass is 16.5. The van der Waals surface area contributed by atoms with E-state index < -0.39 is 0 Å². The van der Waals surface area contributed by atoms with E-state index in [1.165, 1.54) is 84.2 Å². The molecule has 2 spiro atoms. The quantitative estimate of drug-likeness (QED) is 0.552. The Morgan fingerprint density at radius 2 is 1.32 bits per heavy atom. The lowest BCUT2D eigenvalue weighted by molar-refractivity contribution is -0.144. The second kappa shape index (κ2) is 10.7. The molecule has 0 aliphatic carbocycles. The third kappa shape index (κ3) is 6.02. The maximum atomic E-state index is 6.42. The molecule has 5 heteroatoms. The SMILES string of the molecule is CC(C)N1CCC2(CCCN(C(C)(C)CC(C)N3CCC4(CC3)CN(C(C)C)CCO4)C2)CC1. The molecule has 0 bridgehead atoms. The molecule has 0 aromatic heterocycles. The molecule has 4 rings (SSSR count). The van der Waals surface area contributed by atoms with E-state index in [2.05, 4.69) is 68.1 Å². The van der Waals surface area contributed by atoms with Crippen molar-refractivity contribution in [2.24, 2.45) is 5.41 Å². The summed E-state index contributed by atoms with van der Waals surface area (Å²) in [6, 6.07) is 1.97. The number of likely N-dealkylation sites (tertiary alicyclic amines) is 3. The monoisotopic (exact) mass is 476 g/mol. The van der Waals surface area contributed by atoms with E-state index in [1.54, 1.807) is 0 Å². The van der Waals surface area contributed by atoms with Crippen molar-refractivity contribution in [3.63, 3.8) is 0 Å². The van der Waals surface area contributed by atoms with Crippen molar-refractivity contribution in [1.29, 1.82) is 0 Å². The van der Waals surface area contributed by atoms with Crippen LogP contribution < -0.4 is 0 Å². The van der Waals surface area contributed by atoms with Crippen molar-refractivity contribution in [3.8, 4) is 0 Å². The van der Waals surface area contributed by atoms with Crippen molar-refractivity contribution in [2.45, 2.75) is 123 Å². The number of piperidine rings is 3. The summed E-state index contributed by atoms with van der Waals surface area (Å²) in [7, 11) is 0. The maximum Gasteiger partial charge on any atom is 0.0833 e. The number of morpholine rings is 1. The van der Waals surface area contributed by atoms with Crippen LogP contribution in [0.15, 0.2) is 0 Å². The van der Waals surface area contributed by atoms with Crippen LogP contribution in [0.4, 0.5) is 0 Å². The Bertz CT molecular complexity index is 647. The van der Waals surface area contributed by atoms with Gasteiger partial charge in [0.15, 0.2) is 0 Å². The minimum atomic E-state index is 0.109. The zero-order valence-electron chi connectivity index (χ0n) is 23.7. The zero-order valence-corrected chi connectivity index (χ0v) is 23.7. The highest BCUT2D eigenvalue weighted by Gasteiger charge is 2.44. The van der Waals surface area contributed by atoms with Gasteiger partial charge in [-0.15, -0.1) is 0 Å². The first-order chi connectivity index (χ1) is 16.0. The highest BCUT2D eigenvalue weighted by molar-refractivity contribution is 4.99. The van der Waals surface area contributed by atoms with Gasteiger partial charge in [-0.3, -0.25) is 9.80 Å². The van der Waals surface area contributed by atoms with Crippen LogP contribution in [0, 0.1) is 5.41 Å². The summed E-state index contributed by atoms with van der Waals surface area (Å²) in [6.07, 6.45) is 9.29. The van der Waals surface area contributed by atoms with Gasteiger partial charge in [0.1, 0.15) is 0 Å². The van der Waals surface area contributed by atoms with Gasteiger partial charge in [-0.25, -0.2) is 0 Å². The minimum Gasteiger partial charge on any atom is -0.372 e. The minimum absolute atomic E-state index is 0.109. The molecule has 0 amide bonds. The van der Waals surface area contributed by atoms with E-state index in [0.717, 1.165) is 19.7 Å². The molecular formula is C29H56N4O. The molecule has 34 heavy (non-hydrogen) atoms. The van der Waals surface area contributed by atoms with E-state index in [0.29, 0.717) is 23.5 Å². The summed E-state index contributed by atoms with van der Waals surface area (Å²) >= 11 is 0. The standard InChI is InChI=1S/C29H56N4O/c1-24(2)30-15-10-28(11-16-30)9-8-14-33(22-28)27(6,7)21-26(5)31-17-12-29(13-18-31)23-32(25(3)4)19-20-34-29/h24-26H,8-23H2,1-7H3. The smallest absolute Gasteiger partial charge is 0.0833 e.